The van der Waals surface area contributed by atoms with Gasteiger partial charge in [0, 0.05) is 0 Å². The van der Waals surface area contributed by atoms with Gasteiger partial charge < -0.3 is 19.9 Å². The van der Waals surface area contributed by atoms with Gasteiger partial charge in [-0.3, -0.25) is 4.79 Å². The number of hydrogen-bond acceptors (Lipinski definition) is 4. The van der Waals surface area contributed by atoms with Gasteiger partial charge in [0.15, 0.2) is 10.7 Å². The number of amides is 1. The Bertz CT molecular complexity index is 375. The number of nitrogens with one attached hydrogen (secondary N) is 1. The van der Waals surface area contributed by atoms with Crippen LogP contribution in [0.1, 0.15) is 10.4 Å². The van der Waals surface area contributed by atoms with E-state index in [9.17, 15) is 9.59 Å². The van der Waals surface area contributed by atoms with Gasteiger partial charge in [-0.1, -0.05) is 0 Å². The smallest absolute Gasteiger partial charge is 0.328 e. The van der Waals surface area contributed by atoms with Crippen LogP contribution in [0.5, 0.6) is 0 Å². The molecule has 0 bridgehead atoms. The standard InChI is InChI=1S/C8H8BrNO5/c9-6-4(1-2-15-6)7(12)10-5(3-11)8(13)14/h1-2,5,11H,3H2,(H,10,12)(H,13,14)/t5-/m1/s1. The lowest BCUT2D eigenvalue weighted by atomic mass is 10.2. The van der Waals surface area contributed by atoms with E-state index in [1.54, 1.807) is 0 Å². The number of furan rings is 1. The summed E-state index contributed by atoms with van der Waals surface area (Å²) in [6.45, 7) is -0.670. The Morgan fingerprint density at radius 2 is 2.27 bits per heavy atom. The van der Waals surface area contributed by atoms with Crippen LogP contribution in [-0.2, 0) is 4.79 Å². The van der Waals surface area contributed by atoms with Crippen LogP contribution in [0.25, 0.3) is 0 Å². The molecule has 1 rings (SSSR count). The van der Waals surface area contributed by atoms with Crippen LogP contribution in [0.4, 0.5) is 0 Å². The van der Waals surface area contributed by atoms with Crippen LogP contribution < -0.4 is 5.32 Å². The maximum Gasteiger partial charge on any atom is 0.328 e. The predicted molar refractivity (Wildman–Crippen MR) is 52.4 cm³/mol. The summed E-state index contributed by atoms with van der Waals surface area (Å²) in [5.74, 6) is -1.93. The third-order valence-corrected chi connectivity index (χ3v) is 2.26. The van der Waals surface area contributed by atoms with Gasteiger partial charge in [-0.2, -0.15) is 0 Å². The van der Waals surface area contributed by atoms with E-state index in [1.807, 2.05) is 0 Å². The van der Waals surface area contributed by atoms with Gasteiger partial charge in [0.05, 0.1) is 18.4 Å². The minimum absolute atomic E-state index is 0.176. The maximum atomic E-state index is 11.4. The molecule has 0 aliphatic rings. The SMILES string of the molecule is O=C(N[C@H](CO)C(=O)O)c1ccoc1Br. The zero-order chi connectivity index (χ0) is 11.4. The van der Waals surface area contributed by atoms with Crippen molar-refractivity contribution in [1.82, 2.24) is 5.32 Å². The lowest BCUT2D eigenvalue weighted by molar-refractivity contribution is -0.140. The van der Waals surface area contributed by atoms with E-state index < -0.39 is 24.5 Å². The number of rotatable bonds is 4. The molecule has 0 aromatic carbocycles. The summed E-state index contributed by atoms with van der Waals surface area (Å²) in [4.78, 5) is 21.9. The molecular weight excluding hydrogens is 270 g/mol. The highest BCUT2D eigenvalue weighted by Gasteiger charge is 2.21. The molecule has 7 heteroatoms. The first kappa shape index (κ1) is 11.7. The van der Waals surface area contributed by atoms with E-state index in [0.717, 1.165) is 0 Å². The third-order valence-electron chi connectivity index (χ3n) is 1.65. The first-order valence-corrected chi connectivity index (χ1v) is 4.73. The largest absolute Gasteiger partial charge is 0.480 e. The Labute approximate surface area is 93.0 Å². The molecule has 0 fully saturated rings. The Hall–Kier alpha value is -1.34. The van der Waals surface area contributed by atoms with Crippen molar-refractivity contribution in [2.24, 2.45) is 0 Å². The molecule has 1 aromatic rings. The van der Waals surface area contributed by atoms with Crippen molar-refractivity contribution >= 4 is 27.8 Å². The van der Waals surface area contributed by atoms with Crippen LogP contribution in [0, 0.1) is 0 Å². The summed E-state index contributed by atoms with van der Waals surface area (Å²) >= 11 is 2.98. The summed E-state index contributed by atoms with van der Waals surface area (Å²) < 4.78 is 5.02. The normalized spacial score (nSPS) is 12.1. The van der Waals surface area contributed by atoms with Crippen LogP contribution >= 0.6 is 15.9 Å². The predicted octanol–water partition coefficient (Wildman–Crippen LogP) is 0.217. The fourth-order valence-electron chi connectivity index (χ4n) is 0.877. The molecule has 15 heavy (non-hydrogen) atoms. The molecule has 0 aliphatic carbocycles. The second-order valence-corrected chi connectivity index (χ2v) is 3.38. The Balaban J connectivity index is 2.71. The lowest BCUT2D eigenvalue weighted by Crippen LogP contribution is -2.43. The highest BCUT2D eigenvalue weighted by Crippen LogP contribution is 2.17. The molecule has 3 N–H and O–H groups in total. The van der Waals surface area contributed by atoms with Gasteiger partial charge in [-0.15, -0.1) is 0 Å². The second kappa shape index (κ2) is 4.94. The quantitative estimate of drug-likeness (QED) is 0.731. The summed E-state index contributed by atoms with van der Waals surface area (Å²) in [6, 6.07) is 0.0645. The number of carbonyl (C=O) groups excluding carboxylic acids is 1. The topological polar surface area (TPSA) is 99.8 Å². The van der Waals surface area contributed by atoms with Crippen molar-refractivity contribution in [2.75, 3.05) is 6.61 Å². The molecule has 1 atom stereocenters. The van der Waals surface area contributed by atoms with Crippen molar-refractivity contribution in [2.45, 2.75) is 6.04 Å². The first-order chi connectivity index (χ1) is 7.06. The highest BCUT2D eigenvalue weighted by atomic mass is 79.9. The summed E-state index contributed by atoms with van der Waals surface area (Å²) in [5.41, 5.74) is 0.176. The van der Waals surface area contributed by atoms with Gasteiger partial charge in [0.2, 0.25) is 0 Å². The Kier molecular flexibility index (Phi) is 3.87. The van der Waals surface area contributed by atoms with Gasteiger partial charge >= 0.3 is 5.97 Å². The van der Waals surface area contributed by atoms with Gasteiger partial charge in [0.1, 0.15) is 0 Å². The number of aliphatic carboxylic acids is 1. The van der Waals surface area contributed by atoms with E-state index in [-0.39, 0.29) is 10.2 Å². The molecule has 82 valence electrons. The molecule has 0 radical (unpaired) electrons. The molecule has 0 saturated heterocycles. The Morgan fingerprint density at radius 3 is 2.67 bits per heavy atom. The van der Waals surface area contributed by atoms with Crippen molar-refractivity contribution < 1.29 is 24.2 Å². The van der Waals surface area contributed by atoms with Gasteiger partial charge in [-0.05, 0) is 22.0 Å². The van der Waals surface area contributed by atoms with E-state index in [4.69, 9.17) is 14.6 Å². The second-order valence-electron chi connectivity index (χ2n) is 2.65. The van der Waals surface area contributed by atoms with Crippen LogP contribution in [0.3, 0.4) is 0 Å². The van der Waals surface area contributed by atoms with E-state index >= 15 is 0 Å². The number of carboxylic acids is 1. The van der Waals surface area contributed by atoms with Gasteiger partial charge in [-0.25, -0.2) is 4.79 Å². The summed E-state index contributed by atoms with van der Waals surface area (Å²) in [7, 11) is 0. The molecule has 0 unspecified atom stereocenters. The molecule has 0 aliphatic heterocycles. The monoisotopic (exact) mass is 277 g/mol. The average Bonchev–Trinajstić information content (AvgIpc) is 2.60. The van der Waals surface area contributed by atoms with Crippen LogP contribution in [0.2, 0.25) is 0 Å². The average molecular weight is 278 g/mol. The number of aliphatic hydroxyl groups excluding tert-OH is 1. The fraction of sp³-hybridized carbons (Fsp3) is 0.250. The molecule has 0 saturated carbocycles. The summed E-state index contributed by atoms with van der Waals surface area (Å²) in [5, 5.41) is 19.4. The third kappa shape index (κ3) is 2.80. The van der Waals surface area contributed by atoms with Gasteiger partial charge in [0.25, 0.3) is 5.91 Å². The first-order valence-electron chi connectivity index (χ1n) is 3.93. The summed E-state index contributed by atoms with van der Waals surface area (Å²) in [6.07, 6.45) is 1.29. The molecule has 0 spiro atoms. The minimum atomic E-state index is -1.32. The molecule has 1 heterocycles. The maximum absolute atomic E-state index is 11.4. The number of aliphatic hydroxyl groups is 1. The number of carbonyl (C=O) groups is 2. The van der Waals surface area contributed by atoms with Crippen LogP contribution in [-0.4, -0.2) is 34.7 Å². The van der Waals surface area contributed by atoms with Crippen LogP contribution in [0.15, 0.2) is 21.4 Å². The lowest BCUT2D eigenvalue weighted by Gasteiger charge is -2.10. The number of halogens is 1. The van der Waals surface area contributed by atoms with E-state index in [0.29, 0.717) is 0 Å². The number of carboxylic acid groups (broad SMARTS) is 1. The highest BCUT2D eigenvalue weighted by molar-refractivity contribution is 9.10. The zero-order valence-electron chi connectivity index (χ0n) is 7.44. The fourth-order valence-corrected chi connectivity index (χ4v) is 1.30. The minimum Gasteiger partial charge on any atom is -0.480 e. The molecule has 1 amide bonds. The Morgan fingerprint density at radius 1 is 1.60 bits per heavy atom. The van der Waals surface area contributed by atoms with Crippen molar-refractivity contribution in [3.05, 3.63) is 22.6 Å². The van der Waals surface area contributed by atoms with Crippen molar-refractivity contribution in [1.29, 1.82) is 0 Å². The zero-order valence-corrected chi connectivity index (χ0v) is 9.02. The van der Waals surface area contributed by atoms with E-state index in [1.165, 1.54) is 12.3 Å². The number of hydrogen-bond donors (Lipinski definition) is 3. The van der Waals surface area contributed by atoms with Crippen molar-refractivity contribution in [3.8, 4) is 0 Å². The molecule has 1 aromatic heterocycles. The molecule has 6 nitrogen and oxygen atoms in total. The van der Waals surface area contributed by atoms with Crippen molar-refractivity contribution in [3.63, 3.8) is 0 Å². The van der Waals surface area contributed by atoms with E-state index in [2.05, 4.69) is 21.2 Å². The molecular formula is C8H8BrNO5.